The molecule has 0 spiro atoms. The molecule has 140 valence electrons. The highest BCUT2D eigenvalue weighted by molar-refractivity contribution is 5.94. The normalized spacial score (nSPS) is 10.5. The van der Waals surface area contributed by atoms with Gasteiger partial charge in [0.15, 0.2) is 0 Å². The van der Waals surface area contributed by atoms with Crippen molar-refractivity contribution >= 4 is 11.6 Å². The quantitative estimate of drug-likeness (QED) is 0.675. The lowest BCUT2D eigenvalue weighted by Crippen LogP contribution is -2.31. The Labute approximate surface area is 156 Å². The van der Waals surface area contributed by atoms with E-state index in [2.05, 4.69) is 26.0 Å². The summed E-state index contributed by atoms with van der Waals surface area (Å²) in [6, 6.07) is 12.0. The Kier molecular flexibility index (Phi) is 7.07. The highest BCUT2D eigenvalue weighted by atomic mass is 16.5. The molecule has 0 unspecified atom stereocenters. The number of amides is 1. The molecular formula is C22H29NO3. The van der Waals surface area contributed by atoms with Gasteiger partial charge in [-0.25, -0.2) is 0 Å². The van der Waals surface area contributed by atoms with Gasteiger partial charge in [-0.2, -0.15) is 0 Å². The monoisotopic (exact) mass is 355 g/mol. The zero-order valence-electron chi connectivity index (χ0n) is 16.5. The van der Waals surface area contributed by atoms with Crippen LogP contribution in [0.25, 0.3) is 0 Å². The number of nitrogens with zero attached hydrogens (tertiary/aromatic N) is 1. The fraction of sp³-hybridized carbons (Fsp3) is 0.409. The van der Waals surface area contributed by atoms with Crippen LogP contribution in [0, 0.1) is 6.92 Å². The van der Waals surface area contributed by atoms with Crippen molar-refractivity contribution in [2.75, 3.05) is 18.6 Å². The third kappa shape index (κ3) is 4.37. The Morgan fingerprint density at radius 3 is 2.42 bits per heavy atom. The maximum Gasteiger partial charge on any atom is 0.226 e. The first-order valence-electron chi connectivity index (χ1n) is 9.24. The van der Waals surface area contributed by atoms with Gasteiger partial charge in [0.05, 0.1) is 18.4 Å². The Bertz CT molecular complexity index is 755. The summed E-state index contributed by atoms with van der Waals surface area (Å²) in [5.74, 6) is 1.67. The van der Waals surface area contributed by atoms with Crippen molar-refractivity contribution in [3.8, 4) is 11.5 Å². The van der Waals surface area contributed by atoms with Crippen LogP contribution in [-0.4, -0.2) is 19.6 Å². The van der Waals surface area contributed by atoms with Crippen LogP contribution in [0.15, 0.2) is 36.4 Å². The van der Waals surface area contributed by atoms with Crippen molar-refractivity contribution in [2.45, 2.75) is 47.1 Å². The fourth-order valence-electron chi connectivity index (χ4n) is 3.06. The van der Waals surface area contributed by atoms with Gasteiger partial charge < -0.3 is 14.4 Å². The minimum Gasteiger partial charge on any atom is -0.496 e. The maximum atomic E-state index is 12.3. The van der Waals surface area contributed by atoms with Crippen LogP contribution in [0.4, 0.5) is 5.69 Å². The van der Waals surface area contributed by atoms with Gasteiger partial charge in [-0.15, -0.1) is 0 Å². The van der Waals surface area contributed by atoms with E-state index >= 15 is 0 Å². The molecule has 0 N–H and O–H groups in total. The minimum atomic E-state index is 0.0884. The summed E-state index contributed by atoms with van der Waals surface area (Å²) in [7, 11) is 1.64. The maximum absolute atomic E-state index is 12.3. The highest BCUT2D eigenvalue weighted by Crippen LogP contribution is 2.32. The molecule has 0 atom stereocenters. The number of hydrogen-bond acceptors (Lipinski definition) is 3. The smallest absolute Gasteiger partial charge is 0.226 e. The number of hydrogen-bond donors (Lipinski definition) is 0. The molecule has 0 aliphatic rings. The highest BCUT2D eigenvalue weighted by Gasteiger charge is 2.19. The molecule has 2 aromatic carbocycles. The number of methoxy groups -OCH3 is 1. The van der Waals surface area contributed by atoms with E-state index in [0.717, 1.165) is 34.7 Å². The van der Waals surface area contributed by atoms with Gasteiger partial charge >= 0.3 is 0 Å². The molecule has 0 bridgehead atoms. The summed E-state index contributed by atoms with van der Waals surface area (Å²) in [5, 5.41) is 0. The van der Waals surface area contributed by atoms with Crippen LogP contribution < -0.4 is 14.4 Å². The molecule has 1 amide bonds. The largest absolute Gasteiger partial charge is 0.496 e. The van der Waals surface area contributed by atoms with E-state index in [4.69, 9.17) is 9.47 Å². The average molecular weight is 355 g/mol. The summed E-state index contributed by atoms with van der Waals surface area (Å²) in [6.07, 6.45) is 1.46. The number of aryl methyl sites for hydroxylation is 2. The van der Waals surface area contributed by atoms with E-state index in [-0.39, 0.29) is 5.91 Å². The van der Waals surface area contributed by atoms with Crippen LogP contribution in [0.5, 0.6) is 11.5 Å². The van der Waals surface area contributed by atoms with Crippen LogP contribution in [-0.2, 0) is 17.8 Å². The zero-order valence-corrected chi connectivity index (χ0v) is 16.5. The van der Waals surface area contributed by atoms with E-state index in [9.17, 15) is 4.79 Å². The second-order valence-electron chi connectivity index (χ2n) is 6.19. The van der Waals surface area contributed by atoms with E-state index in [0.29, 0.717) is 19.6 Å². The van der Waals surface area contributed by atoms with Gasteiger partial charge in [0.25, 0.3) is 0 Å². The first-order chi connectivity index (χ1) is 12.5. The van der Waals surface area contributed by atoms with E-state index in [1.165, 1.54) is 5.56 Å². The van der Waals surface area contributed by atoms with Crippen molar-refractivity contribution in [1.29, 1.82) is 0 Å². The molecule has 0 radical (unpaired) electrons. The van der Waals surface area contributed by atoms with Gasteiger partial charge in [-0.3, -0.25) is 4.79 Å². The molecule has 2 rings (SSSR count). The van der Waals surface area contributed by atoms with Crippen molar-refractivity contribution < 1.29 is 14.3 Å². The van der Waals surface area contributed by atoms with Crippen molar-refractivity contribution in [3.05, 3.63) is 53.1 Å². The summed E-state index contributed by atoms with van der Waals surface area (Å²) < 4.78 is 11.6. The van der Waals surface area contributed by atoms with E-state index in [1.54, 1.807) is 12.0 Å². The third-order valence-corrected chi connectivity index (χ3v) is 4.56. The Hall–Kier alpha value is -2.49. The Morgan fingerprint density at radius 1 is 1.08 bits per heavy atom. The lowest BCUT2D eigenvalue weighted by atomic mass is 10.1. The van der Waals surface area contributed by atoms with Crippen LogP contribution in [0.2, 0.25) is 0 Å². The third-order valence-electron chi connectivity index (χ3n) is 4.56. The van der Waals surface area contributed by atoms with Gasteiger partial charge in [0.2, 0.25) is 5.91 Å². The number of rotatable bonds is 8. The van der Waals surface area contributed by atoms with Gasteiger partial charge in [-0.1, -0.05) is 32.0 Å². The van der Waals surface area contributed by atoms with Crippen LogP contribution >= 0.6 is 0 Å². The Morgan fingerprint density at radius 2 is 1.85 bits per heavy atom. The first-order valence-corrected chi connectivity index (χ1v) is 9.24. The predicted molar refractivity (Wildman–Crippen MR) is 106 cm³/mol. The van der Waals surface area contributed by atoms with Gasteiger partial charge in [0, 0.05) is 13.0 Å². The van der Waals surface area contributed by atoms with Gasteiger partial charge in [-0.05, 0) is 49.6 Å². The minimum absolute atomic E-state index is 0.0884. The number of carbonyl (C=O) groups excluding carboxylic acids is 1. The van der Waals surface area contributed by atoms with E-state index in [1.807, 2.05) is 38.1 Å². The average Bonchev–Trinajstić information content (AvgIpc) is 2.67. The van der Waals surface area contributed by atoms with Gasteiger partial charge in [0.1, 0.15) is 18.1 Å². The summed E-state index contributed by atoms with van der Waals surface area (Å²) in [5.41, 5.74) is 4.13. The molecular weight excluding hydrogens is 326 g/mol. The molecule has 4 nitrogen and oxygen atoms in total. The number of ether oxygens (including phenoxy) is 2. The van der Waals surface area contributed by atoms with Crippen molar-refractivity contribution in [3.63, 3.8) is 0 Å². The second-order valence-corrected chi connectivity index (χ2v) is 6.19. The van der Waals surface area contributed by atoms with Crippen molar-refractivity contribution in [2.24, 2.45) is 0 Å². The molecule has 0 fully saturated rings. The molecule has 0 heterocycles. The molecule has 0 aromatic heterocycles. The lowest BCUT2D eigenvalue weighted by Gasteiger charge is -2.25. The second kappa shape index (κ2) is 9.27. The summed E-state index contributed by atoms with van der Waals surface area (Å²) in [4.78, 5) is 14.1. The molecule has 0 aliphatic heterocycles. The predicted octanol–water partition coefficient (Wildman–Crippen LogP) is 4.91. The van der Waals surface area contributed by atoms with Crippen molar-refractivity contribution in [1.82, 2.24) is 0 Å². The lowest BCUT2D eigenvalue weighted by molar-refractivity contribution is -0.118. The fourth-order valence-corrected chi connectivity index (χ4v) is 3.06. The molecule has 0 saturated heterocycles. The summed E-state index contributed by atoms with van der Waals surface area (Å²) >= 11 is 0. The molecule has 0 aliphatic carbocycles. The van der Waals surface area contributed by atoms with Crippen LogP contribution in [0.3, 0.4) is 0 Å². The molecule has 2 aromatic rings. The summed E-state index contributed by atoms with van der Waals surface area (Å²) in [6.45, 7) is 9.00. The number of carbonyl (C=O) groups is 1. The molecule has 4 heteroatoms. The SMILES string of the molecule is CCC(=O)N(CC)c1cccc(OC)c1COc1ccc(CC)cc1C. The standard InChI is InChI=1S/C22H29NO3/c1-6-17-12-13-20(16(4)14-17)26-15-18-19(10-9-11-21(18)25-5)23(8-3)22(24)7-2/h9-14H,6-8,15H2,1-5H3. The van der Waals surface area contributed by atoms with E-state index < -0.39 is 0 Å². The molecule has 0 saturated carbocycles. The Balaban J connectivity index is 2.34. The zero-order chi connectivity index (χ0) is 19.1. The molecule has 26 heavy (non-hydrogen) atoms. The number of anilines is 1. The number of benzene rings is 2. The first kappa shape index (κ1) is 19.8. The topological polar surface area (TPSA) is 38.8 Å². The van der Waals surface area contributed by atoms with Crippen LogP contribution in [0.1, 0.15) is 43.9 Å².